The number of phenolic OH excluding ortho intramolecular Hbond substituents is 1. The van der Waals surface area contributed by atoms with Crippen LogP contribution in [0, 0.1) is 0 Å². The fourth-order valence-electron chi connectivity index (χ4n) is 8.72. The quantitative estimate of drug-likeness (QED) is 0.0499. The Labute approximate surface area is 375 Å². The molecule has 7 rings (SSSR count). The van der Waals surface area contributed by atoms with Crippen molar-refractivity contribution >= 4 is 63.2 Å². The average molecular weight is 886 g/mol. The Kier molecular flexibility index (Phi) is 14.1. The number of rotatable bonds is 12. The third-order valence-electron chi connectivity index (χ3n) is 12.1. The molecular formula is C47H55N11O7. The van der Waals surface area contributed by atoms with Gasteiger partial charge in [-0.05, 0) is 65.8 Å². The first-order chi connectivity index (χ1) is 31.2. The van der Waals surface area contributed by atoms with Gasteiger partial charge in [0.1, 0.15) is 36.0 Å². The van der Waals surface area contributed by atoms with E-state index in [9.17, 15) is 29.1 Å². The summed E-state index contributed by atoms with van der Waals surface area (Å²) < 4.78 is 0. The number of aromatic nitrogens is 1. The number of carbonyl (C=O) groups excluding carboxylic acids is 6. The van der Waals surface area contributed by atoms with Crippen molar-refractivity contribution in [1.29, 1.82) is 0 Å². The SMILES string of the molecule is CN1C(=O)[C@H](CCCN=C(N)N)NC(=O)[C@@H](Cc2ccc(O)cc2)NC(=O)[C@@H]2Cc3[nH]c4ccccc4c3CN2C(=O)[C@H](Cc2ccc3ccccc3c2)NC(=O)[C@@H]1CCCNC(N)=O. The molecule has 4 aromatic carbocycles. The number of likely N-dealkylation sites (N-methyl/N-ethyl adjacent to an activating group) is 1. The van der Waals surface area contributed by atoms with Crippen LogP contribution < -0.4 is 38.5 Å². The summed E-state index contributed by atoms with van der Waals surface area (Å²) in [5.74, 6) is -3.30. The van der Waals surface area contributed by atoms with Crippen LogP contribution >= 0.6 is 0 Å². The number of benzene rings is 4. The second-order valence-corrected chi connectivity index (χ2v) is 16.6. The summed E-state index contributed by atoms with van der Waals surface area (Å²) >= 11 is 0. The van der Waals surface area contributed by atoms with Crippen LogP contribution in [0.1, 0.15) is 48.1 Å². The zero-order valence-corrected chi connectivity index (χ0v) is 36.1. The van der Waals surface area contributed by atoms with Crippen molar-refractivity contribution < 1.29 is 33.9 Å². The first-order valence-electron chi connectivity index (χ1n) is 21.7. The summed E-state index contributed by atoms with van der Waals surface area (Å²) in [5, 5.41) is 24.1. The molecule has 65 heavy (non-hydrogen) atoms. The van der Waals surface area contributed by atoms with Crippen molar-refractivity contribution in [2.75, 3.05) is 20.1 Å². The first-order valence-corrected chi connectivity index (χ1v) is 21.7. The van der Waals surface area contributed by atoms with E-state index in [4.69, 9.17) is 17.2 Å². The number of urea groups is 1. The fraction of sp³-hybridized carbons (Fsp3) is 0.340. The van der Waals surface area contributed by atoms with Gasteiger partial charge in [0.15, 0.2) is 5.96 Å². The van der Waals surface area contributed by atoms with Crippen LogP contribution in [0.5, 0.6) is 5.75 Å². The normalized spacial score (nSPS) is 20.8. The van der Waals surface area contributed by atoms with Gasteiger partial charge in [-0.2, -0.15) is 0 Å². The third kappa shape index (κ3) is 10.9. The summed E-state index contributed by atoms with van der Waals surface area (Å²) in [6, 6.07) is 20.5. The van der Waals surface area contributed by atoms with Gasteiger partial charge in [-0.25, -0.2) is 4.79 Å². The summed E-state index contributed by atoms with van der Waals surface area (Å²) in [4.78, 5) is 96.0. The van der Waals surface area contributed by atoms with E-state index in [1.165, 1.54) is 29.0 Å². The molecule has 5 atom stereocenters. The van der Waals surface area contributed by atoms with Crippen LogP contribution in [0.25, 0.3) is 21.7 Å². The van der Waals surface area contributed by atoms with Gasteiger partial charge in [-0.15, -0.1) is 0 Å². The second kappa shape index (κ2) is 20.3. The van der Waals surface area contributed by atoms with Crippen LogP contribution in [0.3, 0.4) is 0 Å². The summed E-state index contributed by atoms with van der Waals surface area (Å²) in [6.45, 7) is 0.232. The van der Waals surface area contributed by atoms with Gasteiger partial charge in [0, 0.05) is 68.1 Å². The number of guanidine groups is 1. The van der Waals surface area contributed by atoms with Crippen LogP contribution in [0.2, 0.25) is 0 Å². The number of aromatic hydroxyl groups is 1. The Morgan fingerprint density at radius 3 is 2.18 bits per heavy atom. The molecule has 18 heteroatoms. The molecule has 3 heterocycles. The number of hydrogen-bond acceptors (Lipinski definition) is 8. The molecule has 1 fully saturated rings. The molecule has 5 aromatic rings. The van der Waals surface area contributed by atoms with Crippen molar-refractivity contribution in [3.63, 3.8) is 0 Å². The molecule has 2 aliphatic rings. The van der Waals surface area contributed by atoms with Crippen molar-refractivity contribution in [2.45, 2.75) is 81.7 Å². The number of para-hydroxylation sites is 1. The van der Waals surface area contributed by atoms with E-state index in [2.05, 4.69) is 31.2 Å². The lowest BCUT2D eigenvalue weighted by Gasteiger charge is -2.38. The number of carbonyl (C=O) groups is 6. The van der Waals surface area contributed by atoms with E-state index >= 15 is 4.79 Å². The number of nitrogens with zero attached hydrogens (tertiary/aromatic N) is 3. The van der Waals surface area contributed by atoms with E-state index in [1.807, 2.05) is 66.7 Å². The topological polar surface area (TPSA) is 283 Å². The number of phenols is 1. The smallest absolute Gasteiger partial charge is 0.312 e. The highest BCUT2D eigenvalue weighted by atomic mass is 16.3. The van der Waals surface area contributed by atoms with E-state index in [0.29, 0.717) is 5.56 Å². The first kappa shape index (κ1) is 45.4. The molecule has 0 unspecified atom stereocenters. The number of aliphatic imine (C=N–C) groups is 1. The van der Waals surface area contributed by atoms with Crippen LogP contribution in [-0.4, -0.2) is 112 Å². The molecular weight excluding hydrogens is 831 g/mol. The minimum absolute atomic E-state index is 0.00523. The van der Waals surface area contributed by atoms with Gasteiger partial charge in [0.2, 0.25) is 29.5 Å². The van der Waals surface area contributed by atoms with Gasteiger partial charge < -0.3 is 58.4 Å². The van der Waals surface area contributed by atoms with Crippen molar-refractivity contribution in [3.05, 3.63) is 113 Å². The van der Waals surface area contributed by atoms with Crippen LogP contribution in [0.4, 0.5) is 4.79 Å². The Morgan fingerprint density at radius 1 is 0.754 bits per heavy atom. The maximum absolute atomic E-state index is 15.4. The van der Waals surface area contributed by atoms with E-state index in [1.54, 1.807) is 12.1 Å². The third-order valence-corrected chi connectivity index (χ3v) is 12.1. The van der Waals surface area contributed by atoms with Crippen molar-refractivity contribution in [2.24, 2.45) is 22.2 Å². The summed E-state index contributed by atoms with van der Waals surface area (Å²) in [5.41, 5.74) is 20.2. The number of amides is 7. The predicted octanol–water partition coefficient (Wildman–Crippen LogP) is 1.56. The van der Waals surface area contributed by atoms with Gasteiger partial charge in [0.05, 0.1) is 0 Å². The lowest BCUT2D eigenvalue weighted by Crippen LogP contribution is -2.61. The minimum atomic E-state index is -1.26. The molecule has 0 aliphatic carbocycles. The van der Waals surface area contributed by atoms with Gasteiger partial charge in [-0.3, -0.25) is 29.0 Å². The zero-order valence-electron chi connectivity index (χ0n) is 36.1. The van der Waals surface area contributed by atoms with Crippen LogP contribution in [-0.2, 0) is 49.8 Å². The lowest BCUT2D eigenvalue weighted by molar-refractivity contribution is -0.146. The molecule has 1 saturated heterocycles. The Bertz CT molecular complexity index is 2610. The Hall–Kier alpha value is -7.63. The second-order valence-electron chi connectivity index (χ2n) is 16.6. The maximum Gasteiger partial charge on any atom is 0.312 e. The van der Waals surface area contributed by atoms with Gasteiger partial charge in [-0.1, -0.05) is 72.8 Å². The maximum atomic E-state index is 15.4. The molecule has 0 radical (unpaired) electrons. The summed E-state index contributed by atoms with van der Waals surface area (Å²) in [6.07, 6.45) is 0.611. The zero-order chi connectivity index (χ0) is 46.2. The number of fused-ring (bicyclic) bond motifs is 5. The van der Waals surface area contributed by atoms with Gasteiger partial charge in [0.25, 0.3) is 0 Å². The average Bonchev–Trinajstić information content (AvgIpc) is 3.66. The van der Waals surface area contributed by atoms with E-state index in [-0.39, 0.29) is 76.3 Å². The molecule has 0 spiro atoms. The van der Waals surface area contributed by atoms with E-state index < -0.39 is 65.8 Å². The summed E-state index contributed by atoms with van der Waals surface area (Å²) in [7, 11) is 1.44. The monoisotopic (exact) mass is 885 g/mol. The van der Waals surface area contributed by atoms with Crippen LogP contribution in [0.15, 0.2) is 96.0 Å². The van der Waals surface area contributed by atoms with E-state index in [0.717, 1.165) is 38.5 Å². The molecule has 0 saturated carbocycles. The van der Waals surface area contributed by atoms with Crippen molar-refractivity contribution in [1.82, 2.24) is 36.1 Å². The molecule has 18 nitrogen and oxygen atoms in total. The highest BCUT2D eigenvalue weighted by Gasteiger charge is 2.42. The van der Waals surface area contributed by atoms with Crippen molar-refractivity contribution in [3.8, 4) is 5.75 Å². The number of nitrogens with two attached hydrogens (primary N) is 3. The largest absolute Gasteiger partial charge is 0.508 e. The molecule has 0 bridgehead atoms. The molecule has 2 aliphatic heterocycles. The molecule has 1 aromatic heterocycles. The van der Waals surface area contributed by atoms with Gasteiger partial charge >= 0.3 is 6.03 Å². The number of primary amides is 1. The lowest BCUT2D eigenvalue weighted by atomic mass is 9.94. The molecule has 340 valence electrons. The highest BCUT2D eigenvalue weighted by Crippen LogP contribution is 2.32. The minimum Gasteiger partial charge on any atom is -0.508 e. The Morgan fingerprint density at radius 2 is 1.43 bits per heavy atom. The molecule has 12 N–H and O–H groups in total. The highest BCUT2D eigenvalue weighted by molar-refractivity contribution is 5.99. The number of nitrogens with one attached hydrogen (secondary N) is 5. The Balaban J connectivity index is 1.34. The number of hydrogen-bond donors (Lipinski definition) is 9. The molecule has 7 amide bonds. The number of aromatic amines is 1. The fourth-order valence-corrected chi connectivity index (χ4v) is 8.72. The predicted molar refractivity (Wildman–Crippen MR) is 245 cm³/mol. The number of H-pyrrole nitrogens is 1. The standard InChI is InChI=1S/C47H55N11O7/c1-57-39(13-7-21-52-47(50)65)42(61)56-38(24-28-14-17-29-8-2-3-9-30(29)22-28)45(64)58-26-33-32-10-4-5-11-34(32)53-36(33)25-40(58)43(62)55-37(23-27-15-18-31(59)19-16-27)41(60)54-35(44(57)63)12-6-20-51-46(48)49/h2-5,8-11,14-19,22,35,37-40,53,59H,6-7,12-13,20-21,23-26H2,1H3,(H,54,60)(H,55,62)(H,56,61)(H4,48,49,51)(H3,50,52,65)/t35-,37+,38-,39-,40-/m0/s1.